The molecule has 2 aromatic rings. The smallest absolute Gasteiger partial charge is 0.316 e. The number of nitrogens with zero attached hydrogens (tertiary/aromatic N) is 4. The van der Waals surface area contributed by atoms with Gasteiger partial charge in [-0.1, -0.05) is 18.2 Å². The molecule has 116 valence electrons. The maximum atomic E-state index is 11.9. The van der Waals surface area contributed by atoms with E-state index in [1.54, 1.807) is 18.7 Å². The van der Waals surface area contributed by atoms with Crippen LogP contribution in [0.4, 0.5) is 0 Å². The van der Waals surface area contributed by atoms with E-state index in [1.165, 1.54) is 18.2 Å². The number of rotatable bonds is 5. The summed E-state index contributed by atoms with van der Waals surface area (Å²) in [5.74, 6) is 0.0627. The lowest BCUT2D eigenvalue weighted by Gasteiger charge is -2.21. The van der Waals surface area contributed by atoms with Gasteiger partial charge in [0.2, 0.25) is 0 Å². The largest absolute Gasteiger partial charge is 0.462 e. The van der Waals surface area contributed by atoms with Gasteiger partial charge in [0, 0.05) is 6.20 Å². The SMILES string of the molecule is O=C(CSc1nncn1-c1cccnc1)OC1CCCCC1. The molecule has 0 spiro atoms. The Hall–Kier alpha value is -1.89. The van der Waals surface area contributed by atoms with E-state index in [-0.39, 0.29) is 17.8 Å². The molecule has 0 unspecified atom stereocenters. The van der Waals surface area contributed by atoms with E-state index in [1.807, 2.05) is 16.7 Å². The second-order valence-corrected chi connectivity index (χ2v) is 6.18. The average molecular weight is 318 g/mol. The predicted octanol–water partition coefficient (Wildman–Crippen LogP) is 2.63. The first-order chi connectivity index (χ1) is 10.8. The fourth-order valence-electron chi connectivity index (χ4n) is 2.52. The Kier molecular flexibility index (Phi) is 5.05. The van der Waals surface area contributed by atoms with Crippen molar-refractivity contribution in [1.82, 2.24) is 19.7 Å². The Morgan fingerprint density at radius 1 is 1.36 bits per heavy atom. The van der Waals surface area contributed by atoms with Gasteiger partial charge >= 0.3 is 5.97 Å². The molecule has 0 saturated heterocycles. The van der Waals surface area contributed by atoms with Gasteiger partial charge in [-0.2, -0.15) is 0 Å². The fraction of sp³-hybridized carbons (Fsp3) is 0.467. The average Bonchev–Trinajstić information content (AvgIpc) is 3.03. The van der Waals surface area contributed by atoms with Gasteiger partial charge in [0.25, 0.3) is 0 Å². The summed E-state index contributed by atoms with van der Waals surface area (Å²) in [5, 5.41) is 8.62. The van der Waals surface area contributed by atoms with E-state index in [0.29, 0.717) is 5.16 Å². The molecule has 1 saturated carbocycles. The third-order valence-electron chi connectivity index (χ3n) is 3.61. The van der Waals surface area contributed by atoms with Crippen molar-refractivity contribution in [1.29, 1.82) is 0 Å². The summed E-state index contributed by atoms with van der Waals surface area (Å²) in [6.07, 6.45) is 10.7. The zero-order valence-corrected chi connectivity index (χ0v) is 13.0. The van der Waals surface area contributed by atoms with Crippen LogP contribution in [0.1, 0.15) is 32.1 Å². The van der Waals surface area contributed by atoms with Crippen LogP contribution in [0.5, 0.6) is 0 Å². The minimum atomic E-state index is -0.183. The van der Waals surface area contributed by atoms with Gasteiger partial charge in [0.15, 0.2) is 5.16 Å². The highest BCUT2D eigenvalue weighted by molar-refractivity contribution is 7.99. The molecule has 22 heavy (non-hydrogen) atoms. The Morgan fingerprint density at radius 2 is 2.23 bits per heavy atom. The molecule has 0 bridgehead atoms. The van der Waals surface area contributed by atoms with Crippen molar-refractivity contribution in [3.8, 4) is 5.69 Å². The summed E-state index contributed by atoms with van der Waals surface area (Å²) < 4.78 is 7.32. The highest BCUT2D eigenvalue weighted by Crippen LogP contribution is 2.22. The van der Waals surface area contributed by atoms with Gasteiger partial charge in [0.1, 0.15) is 12.4 Å². The topological polar surface area (TPSA) is 69.9 Å². The zero-order chi connectivity index (χ0) is 15.2. The normalized spacial score (nSPS) is 15.6. The third kappa shape index (κ3) is 3.85. The highest BCUT2D eigenvalue weighted by atomic mass is 32.2. The van der Waals surface area contributed by atoms with E-state index in [4.69, 9.17) is 4.74 Å². The van der Waals surface area contributed by atoms with Crippen LogP contribution in [0.3, 0.4) is 0 Å². The van der Waals surface area contributed by atoms with Crippen LogP contribution >= 0.6 is 11.8 Å². The van der Waals surface area contributed by atoms with Crippen molar-refractivity contribution in [2.24, 2.45) is 0 Å². The number of aromatic nitrogens is 4. The molecule has 2 aromatic heterocycles. The van der Waals surface area contributed by atoms with Crippen LogP contribution in [-0.2, 0) is 9.53 Å². The molecular weight excluding hydrogens is 300 g/mol. The number of hydrogen-bond donors (Lipinski definition) is 0. The van der Waals surface area contributed by atoms with Crippen LogP contribution < -0.4 is 0 Å². The molecule has 0 N–H and O–H groups in total. The molecule has 0 aromatic carbocycles. The Morgan fingerprint density at radius 3 is 3.00 bits per heavy atom. The van der Waals surface area contributed by atoms with Gasteiger partial charge in [-0.3, -0.25) is 14.3 Å². The van der Waals surface area contributed by atoms with Crippen molar-refractivity contribution in [3.63, 3.8) is 0 Å². The maximum absolute atomic E-state index is 11.9. The number of ether oxygens (including phenoxy) is 1. The summed E-state index contributed by atoms with van der Waals surface area (Å²) in [7, 11) is 0. The monoisotopic (exact) mass is 318 g/mol. The quantitative estimate of drug-likeness (QED) is 0.623. The van der Waals surface area contributed by atoms with Gasteiger partial charge in [-0.25, -0.2) is 0 Å². The Labute approximate surface area is 133 Å². The van der Waals surface area contributed by atoms with Crippen LogP contribution in [0.15, 0.2) is 36.0 Å². The molecule has 0 amide bonds. The summed E-state index contributed by atoms with van der Waals surface area (Å²) in [4.78, 5) is 16.0. The number of hydrogen-bond acceptors (Lipinski definition) is 6. The summed E-state index contributed by atoms with van der Waals surface area (Å²) in [6, 6.07) is 3.77. The lowest BCUT2D eigenvalue weighted by atomic mass is 9.98. The summed E-state index contributed by atoms with van der Waals surface area (Å²) in [5.41, 5.74) is 0.871. The molecular formula is C15H18N4O2S. The number of pyridine rings is 1. The second kappa shape index (κ2) is 7.40. The molecule has 6 nitrogen and oxygen atoms in total. The third-order valence-corrected chi connectivity index (χ3v) is 4.53. The molecule has 1 fully saturated rings. The molecule has 1 aliphatic rings. The first kappa shape index (κ1) is 15.0. The Bertz CT molecular complexity index is 611. The first-order valence-electron chi connectivity index (χ1n) is 7.45. The second-order valence-electron chi connectivity index (χ2n) is 5.23. The van der Waals surface area contributed by atoms with Crippen molar-refractivity contribution in [2.75, 3.05) is 5.75 Å². The van der Waals surface area contributed by atoms with Crippen molar-refractivity contribution < 1.29 is 9.53 Å². The molecule has 1 aliphatic carbocycles. The van der Waals surface area contributed by atoms with Gasteiger partial charge in [0.05, 0.1) is 17.6 Å². The van der Waals surface area contributed by atoms with Crippen molar-refractivity contribution >= 4 is 17.7 Å². The lowest BCUT2D eigenvalue weighted by Crippen LogP contribution is -2.22. The van der Waals surface area contributed by atoms with E-state index in [0.717, 1.165) is 31.4 Å². The van der Waals surface area contributed by atoms with E-state index in [2.05, 4.69) is 15.2 Å². The van der Waals surface area contributed by atoms with Crippen LogP contribution in [0.25, 0.3) is 5.69 Å². The van der Waals surface area contributed by atoms with Gasteiger partial charge < -0.3 is 4.74 Å². The van der Waals surface area contributed by atoms with E-state index in [9.17, 15) is 4.79 Å². The molecule has 3 rings (SSSR count). The van der Waals surface area contributed by atoms with E-state index >= 15 is 0 Å². The number of carbonyl (C=O) groups is 1. The van der Waals surface area contributed by atoms with Crippen molar-refractivity contribution in [3.05, 3.63) is 30.9 Å². The number of esters is 1. The zero-order valence-electron chi connectivity index (χ0n) is 12.2. The minimum absolute atomic E-state index is 0.0954. The Balaban J connectivity index is 1.55. The highest BCUT2D eigenvalue weighted by Gasteiger charge is 2.18. The molecule has 7 heteroatoms. The summed E-state index contributed by atoms with van der Waals surface area (Å²) in [6.45, 7) is 0. The standard InChI is InChI=1S/C15H18N4O2S/c20-14(21-13-6-2-1-3-7-13)10-22-15-18-17-11-19(15)12-5-4-8-16-9-12/h4-5,8-9,11,13H,1-3,6-7,10H2. The lowest BCUT2D eigenvalue weighted by molar-refractivity contribution is -0.147. The summed E-state index contributed by atoms with van der Waals surface area (Å²) >= 11 is 1.33. The molecule has 2 heterocycles. The molecule has 0 radical (unpaired) electrons. The first-order valence-corrected chi connectivity index (χ1v) is 8.44. The maximum Gasteiger partial charge on any atom is 0.316 e. The van der Waals surface area contributed by atoms with Crippen LogP contribution in [-0.4, -0.2) is 37.6 Å². The van der Waals surface area contributed by atoms with E-state index < -0.39 is 0 Å². The fourth-order valence-corrected chi connectivity index (χ4v) is 3.23. The van der Waals surface area contributed by atoms with Crippen LogP contribution in [0.2, 0.25) is 0 Å². The van der Waals surface area contributed by atoms with Gasteiger partial charge in [-0.05, 0) is 37.8 Å². The minimum Gasteiger partial charge on any atom is -0.462 e. The molecule has 0 aliphatic heterocycles. The predicted molar refractivity (Wildman–Crippen MR) is 82.8 cm³/mol. The van der Waals surface area contributed by atoms with Gasteiger partial charge in [-0.15, -0.1) is 10.2 Å². The van der Waals surface area contributed by atoms with Crippen molar-refractivity contribution in [2.45, 2.75) is 43.4 Å². The molecule has 0 atom stereocenters. The number of carbonyl (C=O) groups excluding carboxylic acids is 1. The van der Waals surface area contributed by atoms with Crippen LogP contribution in [0, 0.1) is 0 Å². The number of thioether (sulfide) groups is 1.